The van der Waals surface area contributed by atoms with E-state index in [1.54, 1.807) is 6.07 Å². The number of fused-ring (bicyclic) bond motifs is 1. The van der Waals surface area contributed by atoms with Crippen LogP contribution in [-0.2, 0) is 5.54 Å². The standard InChI is InChI=1S/C15H20ClFN2/c1-5-15(4,6-2)19-13-11(17)8-7-9-12(13)18-14(19)10(3)16/h7-10H,5-6H2,1-4H3. The summed E-state index contributed by atoms with van der Waals surface area (Å²) in [6.07, 6.45) is 1.81. The third-order valence-corrected chi connectivity index (χ3v) is 4.27. The van der Waals surface area contributed by atoms with Crippen LogP contribution in [0, 0.1) is 5.82 Å². The molecule has 0 saturated heterocycles. The van der Waals surface area contributed by atoms with Gasteiger partial charge in [-0.05, 0) is 38.8 Å². The number of halogens is 2. The van der Waals surface area contributed by atoms with Gasteiger partial charge in [0.25, 0.3) is 0 Å². The van der Waals surface area contributed by atoms with Crippen molar-refractivity contribution in [2.75, 3.05) is 0 Å². The second-order valence-electron chi connectivity index (χ2n) is 5.23. The van der Waals surface area contributed by atoms with Crippen LogP contribution in [0.15, 0.2) is 18.2 Å². The van der Waals surface area contributed by atoms with Crippen LogP contribution in [0.5, 0.6) is 0 Å². The summed E-state index contributed by atoms with van der Waals surface area (Å²) in [5, 5.41) is -0.246. The summed E-state index contributed by atoms with van der Waals surface area (Å²) >= 11 is 6.25. The van der Waals surface area contributed by atoms with Crippen molar-refractivity contribution in [1.29, 1.82) is 0 Å². The molecule has 0 aliphatic carbocycles. The molecule has 0 radical (unpaired) electrons. The average Bonchev–Trinajstić information content (AvgIpc) is 2.79. The molecule has 1 unspecified atom stereocenters. The number of hydrogen-bond acceptors (Lipinski definition) is 1. The maximum Gasteiger partial charge on any atom is 0.149 e. The Morgan fingerprint density at radius 2 is 2.00 bits per heavy atom. The maximum absolute atomic E-state index is 14.2. The largest absolute Gasteiger partial charge is 0.318 e. The Balaban J connectivity index is 2.85. The molecule has 2 aromatic rings. The molecule has 0 spiro atoms. The lowest BCUT2D eigenvalue weighted by molar-refractivity contribution is 0.292. The highest BCUT2D eigenvalue weighted by Gasteiger charge is 2.30. The zero-order valence-electron chi connectivity index (χ0n) is 11.9. The molecule has 0 aliphatic rings. The molecule has 2 nitrogen and oxygen atoms in total. The van der Waals surface area contributed by atoms with Crippen LogP contribution in [0.4, 0.5) is 4.39 Å². The molecule has 0 bridgehead atoms. The number of alkyl halides is 1. The number of imidazole rings is 1. The van der Waals surface area contributed by atoms with E-state index in [1.807, 2.05) is 17.6 Å². The van der Waals surface area contributed by atoms with Gasteiger partial charge in [-0.1, -0.05) is 19.9 Å². The second-order valence-corrected chi connectivity index (χ2v) is 5.89. The average molecular weight is 283 g/mol. The smallest absolute Gasteiger partial charge is 0.149 e. The monoisotopic (exact) mass is 282 g/mol. The predicted octanol–water partition coefficient (Wildman–Crippen LogP) is 5.01. The molecule has 104 valence electrons. The van der Waals surface area contributed by atoms with E-state index in [0.29, 0.717) is 11.0 Å². The molecule has 0 aliphatic heterocycles. The summed E-state index contributed by atoms with van der Waals surface area (Å²) in [5.74, 6) is 0.509. The van der Waals surface area contributed by atoms with Crippen molar-refractivity contribution in [3.8, 4) is 0 Å². The van der Waals surface area contributed by atoms with E-state index >= 15 is 0 Å². The Hall–Kier alpha value is -1.09. The quantitative estimate of drug-likeness (QED) is 0.721. The highest BCUT2D eigenvalue weighted by molar-refractivity contribution is 6.20. The van der Waals surface area contributed by atoms with E-state index in [1.165, 1.54) is 6.07 Å². The highest BCUT2D eigenvalue weighted by Crippen LogP contribution is 2.35. The van der Waals surface area contributed by atoms with Crippen molar-refractivity contribution in [1.82, 2.24) is 9.55 Å². The molecule has 1 aromatic carbocycles. The molecule has 1 heterocycles. The Morgan fingerprint density at radius 1 is 1.37 bits per heavy atom. The first-order valence-electron chi connectivity index (χ1n) is 6.76. The van der Waals surface area contributed by atoms with Gasteiger partial charge in [0.2, 0.25) is 0 Å². The fourth-order valence-corrected chi connectivity index (χ4v) is 2.63. The van der Waals surface area contributed by atoms with Crippen LogP contribution in [-0.4, -0.2) is 9.55 Å². The van der Waals surface area contributed by atoms with Gasteiger partial charge in [0.05, 0.1) is 10.9 Å². The lowest BCUT2D eigenvalue weighted by Crippen LogP contribution is -2.30. The molecule has 4 heteroatoms. The summed E-state index contributed by atoms with van der Waals surface area (Å²) in [7, 11) is 0. The van der Waals surface area contributed by atoms with E-state index in [9.17, 15) is 4.39 Å². The third-order valence-electron chi connectivity index (χ3n) is 4.07. The summed E-state index contributed by atoms with van der Waals surface area (Å²) < 4.78 is 16.2. The second kappa shape index (κ2) is 5.12. The van der Waals surface area contributed by atoms with Crippen LogP contribution in [0.25, 0.3) is 11.0 Å². The summed E-state index contributed by atoms with van der Waals surface area (Å²) in [6, 6.07) is 5.01. The number of para-hydroxylation sites is 1. The molecule has 0 N–H and O–H groups in total. The highest BCUT2D eigenvalue weighted by atomic mass is 35.5. The number of aromatic nitrogens is 2. The first-order valence-corrected chi connectivity index (χ1v) is 7.19. The zero-order chi connectivity index (χ0) is 14.2. The van der Waals surface area contributed by atoms with Crippen molar-refractivity contribution in [2.24, 2.45) is 0 Å². The minimum Gasteiger partial charge on any atom is -0.318 e. The van der Waals surface area contributed by atoms with Gasteiger partial charge in [-0.25, -0.2) is 9.37 Å². The summed E-state index contributed by atoms with van der Waals surface area (Å²) in [5.41, 5.74) is 1.07. The Bertz CT molecular complexity index is 585. The fraction of sp³-hybridized carbons (Fsp3) is 0.533. The van der Waals surface area contributed by atoms with Crippen molar-refractivity contribution in [2.45, 2.75) is 51.5 Å². The minimum absolute atomic E-state index is 0.171. The Morgan fingerprint density at radius 3 is 2.53 bits per heavy atom. The minimum atomic E-state index is -0.246. The Kier molecular flexibility index (Phi) is 3.86. The van der Waals surface area contributed by atoms with E-state index in [-0.39, 0.29) is 16.7 Å². The fourth-order valence-electron chi connectivity index (χ4n) is 2.48. The zero-order valence-corrected chi connectivity index (χ0v) is 12.6. The van der Waals surface area contributed by atoms with Crippen LogP contribution < -0.4 is 0 Å². The van der Waals surface area contributed by atoms with Gasteiger partial charge >= 0.3 is 0 Å². The first-order chi connectivity index (χ1) is 8.94. The van der Waals surface area contributed by atoms with Gasteiger partial charge in [-0.2, -0.15) is 0 Å². The van der Waals surface area contributed by atoms with Crippen molar-refractivity contribution >= 4 is 22.6 Å². The molecule has 19 heavy (non-hydrogen) atoms. The number of hydrogen-bond donors (Lipinski definition) is 0. The molecule has 1 aromatic heterocycles. The van der Waals surface area contributed by atoms with E-state index in [0.717, 1.165) is 18.7 Å². The molecular formula is C15H20ClFN2. The number of rotatable bonds is 4. The lowest BCUT2D eigenvalue weighted by Gasteiger charge is -2.32. The topological polar surface area (TPSA) is 17.8 Å². The number of nitrogens with zero attached hydrogens (tertiary/aromatic N) is 2. The van der Waals surface area contributed by atoms with Gasteiger partial charge < -0.3 is 4.57 Å². The van der Waals surface area contributed by atoms with Gasteiger partial charge in [-0.3, -0.25) is 0 Å². The SMILES string of the molecule is CCC(C)(CC)n1c(C(C)Cl)nc2cccc(F)c21. The van der Waals surface area contributed by atoms with Crippen LogP contribution in [0.3, 0.4) is 0 Å². The number of benzene rings is 1. The third kappa shape index (κ3) is 2.25. The normalized spacial score (nSPS) is 14.0. The van der Waals surface area contributed by atoms with Gasteiger partial charge in [0.15, 0.2) is 0 Å². The molecular weight excluding hydrogens is 263 g/mol. The van der Waals surface area contributed by atoms with Crippen LogP contribution in [0.2, 0.25) is 0 Å². The first kappa shape index (κ1) is 14.3. The van der Waals surface area contributed by atoms with Crippen molar-refractivity contribution < 1.29 is 4.39 Å². The Labute approximate surface area is 118 Å². The summed E-state index contributed by atoms with van der Waals surface area (Å²) in [4.78, 5) is 4.53. The van der Waals surface area contributed by atoms with E-state index < -0.39 is 0 Å². The van der Waals surface area contributed by atoms with Crippen LogP contribution >= 0.6 is 11.6 Å². The van der Waals surface area contributed by atoms with Gasteiger partial charge in [0, 0.05) is 5.54 Å². The summed E-state index contributed by atoms with van der Waals surface area (Å²) in [6.45, 7) is 8.23. The van der Waals surface area contributed by atoms with Gasteiger partial charge in [-0.15, -0.1) is 11.6 Å². The molecule has 0 amide bonds. The van der Waals surface area contributed by atoms with E-state index in [2.05, 4.69) is 25.8 Å². The van der Waals surface area contributed by atoms with Crippen LogP contribution in [0.1, 0.15) is 51.7 Å². The molecule has 1 atom stereocenters. The van der Waals surface area contributed by atoms with Gasteiger partial charge in [0.1, 0.15) is 17.2 Å². The van der Waals surface area contributed by atoms with Crippen molar-refractivity contribution in [3.63, 3.8) is 0 Å². The molecule has 2 rings (SSSR count). The lowest BCUT2D eigenvalue weighted by atomic mass is 9.94. The van der Waals surface area contributed by atoms with Crippen molar-refractivity contribution in [3.05, 3.63) is 29.8 Å². The maximum atomic E-state index is 14.2. The predicted molar refractivity (Wildman–Crippen MR) is 78.2 cm³/mol. The molecule has 0 fully saturated rings. The van der Waals surface area contributed by atoms with E-state index in [4.69, 9.17) is 11.6 Å². The molecule has 0 saturated carbocycles.